The van der Waals surface area contributed by atoms with Crippen molar-refractivity contribution in [2.45, 2.75) is 20.0 Å². The number of carbonyl (C=O) groups excluding carboxylic acids is 1. The van der Waals surface area contributed by atoms with Gasteiger partial charge in [-0.2, -0.15) is 0 Å². The summed E-state index contributed by atoms with van der Waals surface area (Å²) in [7, 11) is 0. The highest BCUT2D eigenvalue weighted by Crippen LogP contribution is 2.24. The number of aromatic amines is 1. The summed E-state index contributed by atoms with van der Waals surface area (Å²) in [5.74, 6) is -0.0667. The van der Waals surface area contributed by atoms with Crippen LogP contribution in [0.5, 0.6) is 5.75 Å². The molecule has 3 aromatic rings. The van der Waals surface area contributed by atoms with Crippen molar-refractivity contribution in [1.29, 1.82) is 0 Å². The first-order valence-electron chi connectivity index (χ1n) is 8.20. The minimum atomic E-state index is -0.875. The molecule has 130 valence electrons. The molecule has 0 spiro atoms. The maximum Gasteiger partial charge on any atom is 0.256 e. The van der Waals surface area contributed by atoms with E-state index in [2.05, 4.69) is 9.97 Å². The summed E-state index contributed by atoms with van der Waals surface area (Å²) in [5.41, 5.74) is 2.58. The van der Waals surface area contributed by atoms with Crippen molar-refractivity contribution in [3.05, 3.63) is 59.4 Å². The van der Waals surface area contributed by atoms with Gasteiger partial charge >= 0.3 is 0 Å². The molecule has 3 N–H and O–H groups in total. The first kappa shape index (κ1) is 17.0. The number of nitrogens with one attached hydrogen (secondary N) is 1. The molecule has 1 unspecified atom stereocenters. The van der Waals surface area contributed by atoms with Crippen LogP contribution >= 0.6 is 0 Å². The molecule has 0 radical (unpaired) electrons. The van der Waals surface area contributed by atoms with Gasteiger partial charge in [-0.15, -0.1) is 0 Å². The SMILES string of the molecule is CCN(CC(O)c1cccc(O)c1)C(=O)c1c(C)[nH]c2ncccc12. The summed E-state index contributed by atoms with van der Waals surface area (Å²) in [6.07, 6.45) is 0.801. The van der Waals surface area contributed by atoms with Crippen molar-refractivity contribution in [2.75, 3.05) is 13.1 Å². The molecule has 2 aromatic heterocycles. The fourth-order valence-corrected chi connectivity index (χ4v) is 2.98. The summed E-state index contributed by atoms with van der Waals surface area (Å²) in [4.78, 5) is 22.0. The second-order valence-electron chi connectivity index (χ2n) is 5.98. The predicted octanol–water partition coefficient (Wildman–Crippen LogP) is 2.77. The van der Waals surface area contributed by atoms with E-state index >= 15 is 0 Å². The van der Waals surface area contributed by atoms with Crippen molar-refractivity contribution in [3.63, 3.8) is 0 Å². The van der Waals surface area contributed by atoms with E-state index in [-0.39, 0.29) is 18.2 Å². The lowest BCUT2D eigenvalue weighted by Crippen LogP contribution is -2.35. The Kier molecular flexibility index (Phi) is 4.72. The Labute approximate surface area is 145 Å². The molecule has 3 rings (SSSR count). The van der Waals surface area contributed by atoms with Gasteiger partial charge in [-0.3, -0.25) is 4.79 Å². The molecule has 0 aliphatic carbocycles. The van der Waals surface area contributed by atoms with Crippen LogP contribution in [0.4, 0.5) is 0 Å². The van der Waals surface area contributed by atoms with Gasteiger partial charge in [-0.05, 0) is 43.7 Å². The fraction of sp³-hybridized carbons (Fsp3) is 0.263. The third-order valence-corrected chi connectivity index (χ3v) is 4.29. The van der Waals surface area contributed by atoms with Crippen molar-refractivity contribution in [2.24, 2.45) is 0 Å². The number of aromatic nitrogens is 2. The maximum atomic E-state index is 13.0. The molecule has 6 heteroatoms. The summed E-state index contributed by atoms with van der Waals surface area (Å²) in [5, 5.41) is 20.8. The van der Waals surface area contributed by atoms with Gasteiger partial charge in [0.15, 0.2) is 0 Å². The van der Waals surface area contributed by atoms with Crippen LogP contribution in [0, 0.1) is 6.92 Å². The zero-order valence-corrected chi connectivity index (χ0v) is 14.2. The third-order valence-electron chi connectivity index (χ3n) is 4.29. The molecular weight excluding hydrogens is 318 g/mol. The second kappa shape index (κ2) is 6.94. The summed E-state index contributed by atoms with van der Waals surface area (Å²) in [6, 6.07) is 10.1. The number of hydrogen-bond donors (Lipinski definition) is 3. The number of carbonyl (C=O) groups is 1. The number of likely N-dealkylation sites (N-methyl/N-ethyl adjacent to an activating group) is 1. The Morgan fingerprint density at radius 1 is 1.32 bits per heavy atom. The Balaban J connectivity index is 1.87. The quantitative estimate of drug-likeness (QED) is 0.667. The Morgan fingerprint density at radius 2 is 2.12 bits per heavy atom. The molecule has 2 heterocycles. The van der Waals surface area contributed by atoms with E-state index in [1.54, 1.807) is 35.4 Å². The van der Waals surface area contributed by atoms with Crippen LogP contribution in [0.15, 0.2) is 42.6 Å². The predicted molar refractivity (Wildman–Crippen MR) is 95.5 cm³/mol. The molecule has 0 saturated heterocycles. The molecule has 0 fully saturated rings. The number of phenolic OH excluding ortho intramolecular Hbond substituents is 1. The molecule has 25 heavy (non-hydrogen) atoms. The molecule has 1 amide bonds. The standard InChI is InChI=1S/C19H21N3O3/c1-3-22(11-16(24)13-6-4-7-14(23)10-13)19(25)17-12(2)21-18-15(17)8-5-9-20-18/h4-10,16,23-24H,3,11H2,1-2H3,(H,20,21). The minimum absolute atomic E-state index is 0.0875. The van der Waals surface area contributed by atoms with Gasteiger partial charge in [-0.1, -0.05) is 12.1 Å². The number of aryl methyl sites for hydroxylation is 1. The highest BCUT2D eigenvalue weighted by Gasteiger charge is 2.23. The topological polar surface area (TPSA) is 89.5 Å². The summed E-state index contributed by atoms with van der Waals surface area (Å²) < 4.78 is 0. The first-order chi connectivity index (χ1) is 12.0. The molecule has 6 nitrogen and oxygen atoms in total. The molecule has 1 atom stereocenters. The zero-order chi connectivity index (χ0) is 18.0. The second-order valence-corrected chi connectivity index (χ2v) is 5.98. The largest absolute Gasteiger partial charge is 0.508 e. The van der Waals surface area contributed by atoms with Crippen molar-refractivity contribution in [3.8, 4) is 5.75 Å². The molecule has 0 aliphatic rings. The lowest BCUT2D eigenvalue weighted by Gasteiger charge is -2.24. The van der Waals surface area contributed by atoms with E-state index < -0.39 is 6.10 Å². The number of aliphatic hydroxyl groups is 1. The summed E-state index contributed by atoms with van der Waals surface area (Å²) in [6.45, 7) is 4.32. The highest BCUT2D eigenvalue weighted by molar-refractivity contribution is 6.07. The van der Waals surface area contributed by atoms with Crippen molar-refractivity contribution >= 4 is 16.9 Å². The summed E-state index contributed by atoms with van der Waals surface area (Å²) >= 11 is 0. The molecule has 0 bridgehead atoms. The fourth-order valence-electron chi connectivity index (χ4n) is 2.98. The molecule has 0 aliphatic heterocycles. The number of amides is 1. The number of aliphatic hydroxyl groups excluding tert-OH is 1. The number of rotatable bonds is 5. The van der Waals surface area contributed by atoms with Crippen LogP contribution < -0.4 is 0 Å². The lowest BCUT2D eigenvalue weighted by molar-refractivity contribution is 0.0636. The number of phenols is 1. The van der Waals surface area contributed by atoms with E-state index in [4.69, 9.17) is 0 Å². The van der Waals surface area contributed by atoms with Gasteiger partial charge < -0.3 is 20.1 Å². The van der Waals surface area contributed by atoms with Crippen LogP contribution in [-0.4, -0.2) is 44.1 Å². The number of H-pyrrole nitrogens is 1. The van der Waals surface area contributed by atoms with Gasteiger partial charge in [-0.25, -0.2) is 4.98 Å². The van der Waals surface area contributed by atoms with Crippen molar-refractivity contribution < 1.29 is 15.0 Å². The number of benzene rings is 1. The van der Waals surface area contributed by atoms with E-state index in [1.807, 2.05) is 19.9 Å². The smallest absolute Gasteiger partial charge is 0.256 e. The van der Waals surface area contributed by atoms with E-state index in [0.717, 1.165) is 11.1 Å². The first-order valence-corrected chi connectivity index (χ1v) is 8.20. The average Bonchev–Trinajstić information content (AvgIpc) is 2.94. The van der Waals surface area contributed by atoms with Gasteiger partial charge in [0.1, 0.15) is 11.4 Å². The molecular formula is C19H21N3O3. The van der Waals surface area contributed by atoms with E-state index in [0.29, 0.717) is 23.3 Å². The number of fused-ring (bicyclic) bond motifs is 1. The highest BCUT2D eigenvalue weighted by atomic mass is 16.3. The van der Waals surface area contributed by atoms with Crippen LogP contribution in [0.2, 0.25) is 0 Å². The number of nitrogens with zero attached hydrogens (tertiary/aromatic N) is 2. The normalized spacial score (nSPS) is 12.3. The van der Waals surface area contributed by atoms with Gasteiger partial charge in [0.05, 0.1) is 18.2 Å². The zero-order valence-electron chi connectivity index (χ0n) is 14.2. The maximum absolute atomic E-state index is 13.0. The Bertz CT molecular complexity index is 904. The molecule has 1 aromatic carbocycles. The Morgan fingerprint density at radius 3 is 2.84 bits per heavy atom. The third kappa shape index (κ3) is 3.34. The van der Waals surface area contributed by atoms with E-state index in [1.165, 1.54) is 6.07 Å². The number of aromatic hydroxyl groups is 1. The van der Waals surface area contributed by atoms with Crippen LogP contribution in [0.3, 0.4) is 0 Å². The monoisotopic (exact) mass is 339 g/mol. The number of hydrogen-bond acceptors (Lipinski definition) is 4. The Hall–Kier alpha value is -2.86. The van der Waals surface area contributed by atoms with Gasteiger partial charge in [0, 0.05) is 23.8 Å². The van der Waals surface area contributed by atoms with Gasteiger partial charge in [0.25, 0.3) is 5.91 Å². The van der Waals surface area contributed by atoms with Crippen LogP contribution in [0.1, 0.15) is 34.6 Å². The van der Waals surface area contributed by atoms with Gasteiger partial charge in [0.2, 0.25) is 0 Å². The average molecular weight is 339 g/mol. The van der Waals surface area contributed by atoms with Crippen LogP contribution in [0.25, 0.3) is 11.0 Å². The van der Waals surface area contributed by atoms with E-state index in [9.17, 15) is 15.0 Å². The van der Waals surface area contributed by atoms with Crippen LogP contribution in [-0.2, 0) is 0 Å². The van der Waals surface area contributed by atoms with Crippen molar-refractivity contribution in [1.82, 2.24) is 14.9 Å². The minimum Gasteiger partial charge on any atom is -0.508 e. The number of pyridine rings is 1. The molecule has 0 saturated carbocycles. The lowest BCUT2D eigenvalue weighted by atomic mass is 10.1.